The van der Waals surface area contributed by atoms with Crippen molar-refractivity contribution in [3.8, 4) is 0 Å². The van der Waals surface area contributed by atoms with Crippen LogP contribution in [0.5, 0.6) is 0 Å². The minimum atomic E-state index is -2.90. The van der Waals surface area contributed by atoms with Gasteiger partial charge in [0.25, 0.3) is 12.9 Å². The van der Waals surface area contributed by atoms with Crippen LogP contribution in [0.2, 0.25) is 0 Å². The van der Waals surface area contributed by atoms with Gasteiger partial charge in [-0.3, -0.25) is 4.79 Å². The van der Waals surface area contributed by atoms with Crippen LogP contribution in [0.1, 0.15) is 41.3 Å². The van der Waals surface area contributed by atoms with Crippen molar-refractivity contribution in [2.24, 2.45) is 0 Å². The molecule has 1 unspecified atom stereocenters. The second-order valence-corrected chi connectivity index (χ2v) is 4.38. The van der Waals surface area contributed by atoms with E-state index in [0.29, 0.717) is 0 Å². The Kier molecular flexibility index (Phi) is 4.68. The SMILES string of the molecule is CC(=O)C(Br)c1ccc(C(F)F)cc1C(F)F. The maximum atomic E-state index is 12.7. The zero-order valence-electron chi connectivity index (χ0n) is 8.76. The summed E-state index contributed by atoms with van der Waals surface area (Å²) in [5.74, 6) is -0.364. The fourth-order valence-electron chi connectivity index (χ4n) is 1.37. The zero-order valence-corrected chi connectivity index (χ0v) is 10.3. The summed E-state index contributed by atoms with van der Waals surface area (Å²) in [6.07, 6.45) is -5.71. The van der Waals surface area contributed by atoms with E-state index < -0.39 is 28.8 Å². The van der Waals surface area contributed by atoms with Crippen LogP contribution < -0.4 is 0 Å². The Hall–Kier alpha value is -0.910. The van der Waals surface area contributed by atoms with Gasteiger partial charge in [-0.1, -0.05) is 28.1 Å². The summed E-state index contributed by atoms with van der Waals surface area (Å²) in [4.78, 5) is 10.2. The first-order valence-electron chi connectivity index (χ1n) is 4.69. The Bertz CT molecular complexity index is 420. The fraction of sp³-hybridized carbons (Fsp3) is 0.364. The summed E-state index contributed by atoms with van der Waals surface area (Å²) in [5, 5.41) is 0. The van der Waals surface area contributed by atoms with Crippen LogP contribution in [0.4, 0.5) is 17.6 Å². The van der Waals surface area contributed by atoms with Gasteiger partial charge >= 0.3 is 0 Å². The Labute approximate surface area is 104 Å². The molecule has 94 valence electrons. The van der Waals surface area contributed by atoms with Gasteiger partial charge in [0.15, 0.2) is 0 Å². The Morgan fingerprint density at radius 1 is 1.12 bits per heavy atom. The summed E-state index contributed by atoms with van der Waals surface area (Å²) in [7, 11) is 0. The lowest BCUT2D eigenvalue weighted by atomic mass is 10.00. The minimum Gasteiger partial charge on any atom is -0.298 e. The molecule has 0 aliphatic rings. The second-order valence-electron chi connectivity index (χ2n) is 3.46. The summed E-state index contributed by atoms with van der Waals surface area (Å²) >= 11 is 2.96. The highest BCUT2D eigenvalue weighted by molar-refractivity contribution is 9.09. The molecule has 0 aliphatic heterocycles. The predicted molar refractivity (Wildman–Crippen MR) is 58.7 cm³/mol. The largest absolute Gasteiger partial charge is 0.298 e. The third-order valence-electron chi connectivity index (χ3n) is 2.23. The quantitative estimate of drug-likeness (QED) is 0.587. The molecule has 17 heavy (non-hydrogen) atoms. The van der Waals surface area contributed by atoms with Gasteiger partial charge in [-0.25, -0.2) is 17.6 Å². The molecule has 0 bridgehead atoms. The van der Waals surface area contributed by atoms with Crippen LogP contribution in [0.3, 0.4) is 0 Å². The standard InChI is InChI=1S/C11H9BrF4O/c1-5(17)9(12)7-3-2-6(10(13)14)4-8(7)11(15)16/h2-4,9-11H,1H3. The van der Waals surface area contributed by atoms with E-state index in [1.54, 1.807) is 0 Å². The third-order valence-corrected chi connectivity index (χ3v) is 3.37. The highest BCUT2D eigenvalue weighted by atomic mass is 79.9. The molecule has 0 heterocycles. The van der Waals surface area contributed by atoms with Crippen molar-refractivity contribution in [1.82, 2.24) is 0 Å². The second kappa shape index (κ2) is 5.62. The highest BCUT2D eigenvalue weighted by Gasteiger charge is 2.23. The van der Waals surface area contributed by atoms with Gasteiger partial charge in [0.05, 0.1) is 4.83 Å². The number of halogens is 5. The first kappa shape index (κ1) is 14.2. The lowest BCUT2D eigenvalue weighted by Gasteiger charge is -2.14. The van der Waals surface area contributed by atoms with Crippen molar-refractivity contribution >= 4 is 21.7 Å². The molecule has 0 radical (unpaired) electrons. The number of ketones is 1. The topological polar surface area (TPSA) is 17.1 Å². The fourth-order valence-corrected chi connectivity index (χ4v) is 1.78. The average molecular weight is 313 g/mol. The third kappa shape index (κ3) is 3.28. The lowest BCUT2D eigenvalue weighted by Crippen LogP contribution is -2.06. The van der Waals surface area contributed by atoms with Crippen molar-refractivity contribution in [2.75, 3.05) is 0 Å². The molecule has 0 aliphatic carbocycles. The number of Topliss-reactive ketones (excluding diaryl/α,β-unsaturated/α-hetero) is 1. The molecule has 0 aromatic heterocycles. The van der Waals surface area contributed by atoms with Crippen molar-refractivity contribution < 1.29 is 22.4 Å². The predicted octanol–water partition coefficient (Wildman–Crippen LogP) is 4.59. The first-order chi connectivity index (χ1) is 7.84. The molecule has 0 amide bonds. The highest BCUT2D eigenvalue weighted by Crippen LogP contribution is 2.35. The number of carbonyl (C=O) groups excluding carboxylic acids is 1. The van der Waals surface area contributed by atoms with Gasteiger partial charge in [0, 0.05) is 11.1 Å². The van der Waals surface area contributed by atoms with Crippen LogP contribution in [-0.4, -0.2) is 5.78 Å². The molecule has 6 heteroatoms. The van der Waals surface area contributed by atoms with Gasteiger partial charge in [-0.05, 0) is 18.6 Å². The van der Waals surface area contributed by atoms with Gasteiger partial charge < -0.3 is 0 Å². The molecule has 1 aromatic rings. The molecule has 0 spiro atoms. The number of alkyl halides is 5. The van der Waals surface area contributed by atoms with E-state index in [-0.39, 0.29) is 11.3 Å². The number of benzene rings is 1. The molecule has 0 saturated carbocycles. The Balaban J connectivity index is 3.27. The molecular formula is C11H9BrF4O. The van der Waals surface area contributed by atoms with Crippen molar-refractivity contribution in [2.45, 2.75) is 24.6 Å². The maximum absolute atomic E-state index is 12.7. The van der Waals surface area contributed by atoms with E-state index in [0.717, 1.165) is 18.2 Å². The van der Waals surface area contributed by atoms with Gasteiger partial charge in [0.2, 0.25) is 0 Å². The molecule has 0 saturated heterocycles. The molecule has 0 N–H and O–H groups in total. The first-order valence-corrected chi connectivity index (χ1v) is 5.60. The van der Waals surface area contributed by atoms with Gasteiger partial charge in [0.1, 0.15) is 5.78 Å². The van der Waals surface area contributed by atoms with Crippen molar-refractivity contribution in [3.63, 3.8) is 0 Å². The molecule has 0 fully saturated rings. The minimum absolute atomic E-state index is 0.0249. The monoisotopic (exact) mass is 312 g/mol. The Morgan fingerprint density at radius 3 is 2.12 bits per heavy atom. The Morgan fingerprint density at radius 2 is 1.71 bits per heavy atom. The van der Waals surface area contributed by atoms with Crippen LogP contribution in [0.25, 0.3) is 0 Å². The smallest absolute Gasteiger partial charge is 0.264 e. The zero-order chi connectivity index (χ0) is 13.2. The van der Waals surface area contributed by atoms with E-state index in [1.807, 2.05) is 0 Å². The molecular weight excluding hydrogens is 304 g/mol. The van der Waals surface area contributed by atoms with Gasteiger partial charge in [-0.2, -0.15) is 0 Å². The van der Waals surface area contributed by atoms with E-state index in [4.69, 9.17) is 0 Å². The van der Waals surface area contributed by atoms with E-state index in [2.05, 4.69) is 15.9 Å². The molecule has 1 atom stereocenters. The average Bonchev–Trinajstić information content (AvgIpc) is 2.26. The molecule has 1 aromatic carbocycles. The summed E-state index contributed by atoms with van der Waals surface area (Å²) < 4.78 is 50.2. The lowest BCUT2D eigenvalue weighted by molar-refractivity contribution is -0.116. The number of hydrogen-bond acceptors (Lipinski definition) is 1. The summed E-state index contributed by atoms with van der Waals surface area (Å²) in [6, 6.07) is 2.91. The molecule has 1 rings (SSSR count). The normalized spacial score (nSPS) is 13.2. The van der Waals surface area contributed by atoms with E-state index in [9.17, 15) is 22.4 Å². The van der Waals surface area contributed by atoms with E-state index in [1.165, 1.54) is 6.92 Å². The van der Waals surface area contributed by atoms with Crippen molar-refractivity contribution in [1.29, 1.82) is 0 Å². The van der Waals surface area contributed by atoms with E-state index >= 15 is 0 Å². The summed E-state index contributed by atoms with van der Waals surface area (Å²) in [6.45, 7) is 1.23. The van der Waals surface area contributed by atoms with Gasteiger partial charge in [-0.15, -0.1) is 0 Å². The number of rotatable bonds is 4. The van der Waals surface area contributed by atoms with Crippen LogP contribution in [0, 0.1) is 0 Å². The van der Waals surface area contributed by atoms with Crippen molar-refractivity contribution in [3.05, 3.63) is 34.9 Å². The summed E-state index contributed by atoms with van der Waals surface area (Å²) in [5.41, 5.74) is -0.996. The molecule has 1 nitrogen and oxygen atoms in total. The number of carbonyl (C=O) groups is 1. The maximum Gasteiger partial charge on any atom is 0.264 e. The van der Waals surface area contributed by atoms with Crippen LogP contribution >= 0.6 is 15.9 Å². The van der Waals surface area contributed by atoms with Crippen LogP contribution in [0.15, 0.2) is 18.2 Å². The number of hydrogen-bond donors (Lipinski definition) is 0. The van der Waals surface area contributed by atoms with Crippen LogP contribution in [-0.2, 0) is 4.79 Å².